The third kappa shape index (κ3) is 2.76. The molecule has 0 unspecified atom stereocenters. The topological polar surface area (TPSA) is 69.6 Å². The molecule has 26 heavy (non-hydrogen) atoms. The molecule has 0 aromatic carbocycles. The van der Waals surface area contributed by atoms with E-state index in [1.165, 1.54) is 38.4 Å². The van der Waals surface area contributed by atoms with E-state index < -0.39 is 17.2 Å². The number of hydrogen-bond acceptors (Lipinski definition) is 5. The highest BCUT2D eigenvalue weighted by Crippen LogP contribution is 2.46. The minimum absolute atomic E-state index is 0.0152. The highest BCUT2D eigenvalue weighted by Gasteiger charge is 2.58. The molecule has 0 amide bonds. The zero-order valence-corrected chi connectivity index (χ0v) is 15.3. The number of carboxylic acids is 1. The maximum atomic E-state index is 14.7. The summed E-state index contributed by atoms with van der Waals surface area (Å²) in [6.45, 7) is 4.09. The van der Waals surface area contributed by atoms with Crippen LogP contribution in [0.4, 0.5) is 10.2 Å². The van der Waals surface area contributed by atoms with Crippen molar-refractivity contribution >= 4 is 11.8 Å². The van der Waals surface area contributed by atoms with Crippen LogP contribution < -0.4 is 4.90 Å². The third-order valence-corrected chi connectivity index (χ3v) is 6.63. The summed E-state index contributed by atoms with van der Waals surface area (Å²) in [5.74, 6) is -0.884. The molecule has 1 aromatic rings. The summed E-state index contributed by atoms with van der Waals surface area (Å²) in [6, 6.07) is 0.515. The molecule has 0 spiro atoms. The molecule has 0 radical (unpaired) electrons. The van der Waals surface area contributed by atoms with Crippen LogP contribution in [0.3, 0.4) is 0 Å². The fourth-order valence-corrected chi connectivity index (χ4v) is 5.15. The van der Waals surface area contributed by atoms with Gasteiger partial charge in [-0.1, -0.05) is 26.2 Å². The minimum Gasteiger partial charge on any atom is -0.481 e. The Morgan fingerprint density at radius 2 is 2.04 bits per heavy atom. The van der Waals surface area contributed by atoms with Crippen LogP contribution in [0.5, 0.6) is 0 Å². The quantitative estimate of drug-likeness (QED) is 0.887. The van der Waals surface area contributed by atoms with Gasteiger partial charge in [0.05, 0.1) is 5.69 Å². The molecule has 2 atom stereocenters. The van der Waals surface area contributed by atoms with Crippen molar-refractivity contribution < 1.29 is 14.3 Å². The lowest BCUT2D eigenvalue weighted by atomic mass is 9.81. The lowest BCUT2D eigenvalue weighted by Gasteiger charge is -2.33. The fraction of sp³-hybridized carbons (Fsp3) is 0.737. The predicted octanol–water partition coefficient (Wildman–Crippen LogP) is 2.33. The zero-order valence-electron chi connectivity index (χ0n) is 15.3. The normalized spacial score (nSPS) is 29.9. The van der Waals surface area contributed by atoms with Crippen LogP contribution >= 0.6 is 0 Å². The number of hydrogen-bond donors (Lipinski definition) is 1. The van der Waals surface area contributed by atoms with Gasteiger partial charge in [-0.25, -0.2) is 14.4 Å². The van der Waals surface area contributed by atoms with Crippen LogP contribution in [0.15, 0.2) is 6.33 Å². The number of halogens is 1. The van der Waals surface area contributed by atoms with Crippen molar-refractivity contribution in [2.75, 3.05) is 31.1 Å². The summed E-state index contributed by atoms with van der Waals surface area (Å²) in [6.07, 6.45) is 8.00. The highest BCUT2D eigenvalue weighted by molar-refractivity contribution is 5.78. The highest BCUT2D eigenvalue weighted by atomic mass is 19.1. The molecule has 4 rings (SSSR count). The van der Waals surface area contributed by atoms with Gasteiger partial charge in [-0.2, -0.15) is 0 Å². The Balaban J connectivity index is 1.56. The van der Waals surface area contributed by atoms with Crippen LogP contribution in [-0.2, 0) is 11.2 Å². The van der Waals surface area contributed by atoms with Crippen molar-refractivity contribution in [3.63, 3.8) is 0 Å². The van der Waals surface area contributed by atoms with Crippen LogP contribution in [0, 0.1) is 17.2 Å². The Bertz CT molecular complexity index is 694. The average molecular weight is 362 g/mol. The molecule has 1 saturated carbocycles. The second-order valence-corrected chi connectivity index (χ2v) is 8.07. The summed E-state index contributed by atoms with van der Waals surface area (Å²) < 4.78 is 14.7. The summed E-state index contributed by atoms with van der Waals surface area (Å²) in [5.41, 5.74) is -0.429. The van der Waals surface area contributed by atoms with Gasteiger partial charge >= 0.3 is 5.97 Å². The van der Waals surface area contributed by atoms with Gasteiger partial charge in [0.1, 0.15) is 11.7 Å². The monoisotopic (exact) mass is 362 g/mol. The van der Waals surface area contributed by atoms with Gasteiger partial charge < -0.3 is 10.0 Å². The predicted molar refractivity (Wildman–Crippen MR) is 95.6 cm³/mol. The average Bonchev–Trinajstić information content (AvgIpc) is 3.18. The standard InChI is InChI=1S/C19H27FN4O2/c1-2-15-16(20)17(22-12-21-15)24-9-13-8-23(14-6-4-3-5-7-14)10-19(13,11-24)18(25)26/h12-14H,2-11H2,1H3,(H,25,26)/t13-,19-/m0/s1. The van der Waals surface area contributed by atoms with Gasteiger partial charge in [0.2, 0.25) is 0 Å². The van der Waals surface area contributed by atoms with Crippen molar-refractivity contribution in [2.24, 2.45) is 11.3 Å². The Hall–Kier alpha value is -1.76. The van der Waals surface area contributed by atoms with Crippen LogP contribution in [0.1, 0.15) is 44.7 Å². The molecular formula is C19H27FN4O2. The fourth-order valence-electron chi connectivity index (χ4n) is 5.15. The number of carbonyl (C=O) groups is 1. The molecule has 3 heterocycles. The van der Waals surface area contributed by atoms with Crippen molar-refractivity contribution in [2.45, 2.75) is 51.5 Å². The summed E-state index contributed by atoms with van der Waals surface area (Å²) >= 11 is 0. The Labute approximate surface area is 153 Å². The molecule has 3 fully saturated rings. The second-order valence-electron chi connectivity index (χ2n) is 8.07. The number of aryl methyl sites for hydroxylation is 1. The first kappa shape index (κ1) is 17.6. The lowest BCUT2D eigenvalue weighted by Crippen LogP contribution is -2.43. The van der Waals surface area contributed by atoms with Crippen molar-refractivity contribution in [1.82, 2.24) is 14.9 Å². The summed E-state index contributed by atoms with van der Waals surface area (Å²) in [4.78, 5) is 24.6. The van der Waals surface area contributed by atoms with Gasteiger partial charge in [0.25, 0.3) is 0 Å². The van der Waals surface area contributed by atoms with Gasteiger partial charge in [0, 0.05) is 38.1 Å². The number of aliphatic carboxylic acids is 1. The molecule has 0 bridgehead atoms. The van der Waals surface area contributed by atoms with Gasteiger partial charge in [-0.3, -0.25) is 9.69 Å². The van der Waals surface area contributed by atoms with E-state index in [-0.39, 0.29) is 11.7 Å². The van der Waals surface area contributed by atoms with Crippen LogP contribution in [0.25, 0.3) is 0 Å². The maximum Gasteiger partial charge on any atom is 0.313 e. The molecule has 3 aliphatic rings. The number of nitrogens with zero attached hydrogens (tertiary/aromatic N) is 4. The largest absolute Gasteiger partial charge is 0.481 e. The molecule has 6 nitrogen and oxygen atoms in total. The number of fused-ring (bicyclic) bond motifs is 1. The number of aromatic nitrogens is 2. The first-order chi connectivity index (χ1) is 12.5. The van der Waals surface area contributed by atoms with Crippen molar-refractivity contribution in [3.05, 3.63) is 17.8 Å². The van der Waals surface area contributed by atoms with E-state index in [0.29, 0.717) is 37.8 Å². The molecule has 2 aliphatic heterocycles. The SMILES string of the molecule is CCc1ncnc(N2C[C@@H]3CN(C4CCCCC4)C[C@]3(C(=O)O)C2)c1F. The van der Waals surface area contributed by atoms with Crippen LogP contribution in [-0.4, -0.2) is 58.2 Å². The van der Waals surface area contributed by atoms with E-state index in [9.17, 15) is 14.3 Å². The van der Waals surface area contributed by atoms with Crippen molar-refractivity contribution in [3.8, 4) is 0 Å². The second kappa shape index (κ2) is 6.76. The molecule has 142 valence electrons. The molecule has 1 aliphatic carbocycles. The molecule has 1 N–H and O–H groups in total. The first-order valence-corrected chi connectivity index (χ1v) is 9.77. The maximum absolute atomic E-state index is 14.7. The van der Waals surface area contributed by atoms with E-state index in [1.807, 2.05) is 11.8 Å². The number of anilines is 1. The summed E-state index contributed by atoms with van der Waals surface area (Å²) in [7, 11) is 0. The van der Waals surface area contributed by atoms with E-state index >= 15 is 0 Å². The molecular weight excluding hydrogens is 335 g/mol. The Kier molecular flexibility index (Phi) is 4.59. The smallest absolute Gasteiger partial charge is 0.313 e. The van der Waals surface area contributed by atoms with E-state index in [4.69, 9.17) is 0 Å². The molecule has 1 aromatic heterocycles. The van der Waals surface area contributed by atoms with E-state index in [1.54, 1.807) is 0 Å². The van der Waals surface area contributed by atoms with Gasteiger partial charge in [-0.05, 0) is 19.3 Å². The van der Waals surface area contributed by atoms with E-state index in [0.717, 1.165) is 6.54 Å². The number of likely N-dealkylation sites (tertiary alicyclic amines) is 1. The molecule has 7 heteroatoms. The van der Waals surface area contributed by atoms with E-state index in [2.05, 4.69) is 14.9 Å². The van der Waals surface area contributed by atoms with Gasteiger partial charge in [-0.15, -0.1) is 0 Å². The summed E-state index contributed by atoms with van der Waals surface area (Å²) in [5, 5.41) is 10.0. The Morgan fingerprint density at radius 1 is 1.27 bits per heavy atom. The minimum atomic E-state index is -0.818. The lowest BCUT2D eigenvalue weighted by molar-refractivity contribution is -0.148. The number of rotatable bonds is 4. The molecule has 2 saturated heterocycles. The number of carboxylic acid groups (broad SMARTS) is 1. The van der Waals surface area contributed by atoms with Crippen molar-refractivity contribution in [1.29, 1.82) is 0 Å². The third-order valence-electron chi connectivity index (χ3n) is 6.63. The zero-order chi connectivity index (χ0) is 18.3. The Morgan fingerprint density at radius 3 is 2.69 bits per heavy atom. The first-order valence-electron chi connectivity index (χ1n) is 9.77. The van der Waals surface area contributed by atoms with Gasteiger partial charge in [0.15, 0.2) is 11.6 Å². The van der Waals surface area contributed by atoms with Crippen LogP contribution in [0.2, 0.25) is 0 Å².